The Morgan fingerprint density at radius 2 is 2.12 bits per heavy atom. The fraction of sp³-hybridized carbons (Fsp3) is 0.500. The number of aryl methyl sites for hydroxylation is 1. The van der Waals surface area contributed by atoms with Crippen LogP contribution >= 0.6 is 11.8 Å². The van der Waals surface area contributed by atoms with Crippen LogP contribution in [0.25, 0.3) is 0 Å². The summed E-state index contributed by atoms with van der Waals surface area (Å²) in [6, 6.07) is 1.97. The van der Waals surface area contributed by atoms with Gasteiger partial charge >= 0.3 is 5.97 Å². The molecule has 6 heteroatoms. The third kappa shape index (κ3) is 3.34. The Morgan fingerprint density at radius 3 is 2.81 bits per heavy atom. The number of carbonyl (C=O) groups is 2. The van der Waals surface area contributed by atoms with Gasteiger partial charge in [-0.25, -0.2) is 4.79 Å². The normalized spacial score (nSPS) is 20.2. The van der Waals surface area contributed by atoms with Crippen LogP contribution in [0.2, 0.25) is 0 Å². The second-order valence-electron chi connectivity index (χ2n) is 6.50. The summed E-state index contributed by atoms with van der Waals surface area (Å²) in [5, 5.41) is 4.10. The van der Waals surface area contributed by atoms with Crippen molar-refractivity contribution in [2.24, 2.45) is 0 Å². The molecule has 1 unspecified atom stereocenters. The number of ether oxygens (including phenoxy) is 1. The zero-order valence-electron chi connectivity index (χ0n) is 15.7. The fourth-order valence-corrected chi connectivity index (χ4v) is 4.42. The Hall–Kier alpha value is -1.95. The van der Waals surface area contributed by atoms with Crippen molar-refractivity contribution in [3.8, 4) is 0 Å². The van der Waals surface area contributed by atoms with E-state index in [2.05, 4.69) is 12.2 Å². The smallest absolute Gasteiger partial charge is 0.336 e. The lowest BCUT2D eigenvalue weighted by atomic mass is 9.75. The minimum Gasteiger partial charge on any atom is -0.463 e. The fourth-order valence-electron chi connectivity index (χ4n) is 3.74. The summed E-state index contributed by atoms with van der Waals surface area (Å²) in [7, 11) is 0. The van der Waals surface area contributed by atoms with Crippen molar-refractivity contribution in [3.63, 3.8) is 0 Å². The molecule has 0 spiro atoms. The molecule has 0 amide bonds. The van der Waals surface area contributed by atoms with Gasteiger partial charge in [-0.05, 0) is 45.4 Å². The van der Waals surface area contributed by atoms with Crippen LogP contribution in [0.4, 0.5) is 0 Å². The molecule has 0 saturated heterocycles. The number of nitrogens with one attached hydrogen (secondary N) is 1. The summed E-state index contributed by atoms with van der Waals surface area (Å²) in [4.78, 5) is 25.5. The molecule has 2 heterocycles. The van der Waals surface area contributed by atoms with Gasteiger partial charge in [0.15, 0.2) is 10.9 Å². The van der Waals surface area contributed by atoms with E-state index in [0.717, 1.165) is 46.4 Å². The van der Waals surface area contributed by atoms with Gasteiger partial charge in [-0.1, -0.05) is 18.7 Å². The van der Waals surface area contributed by atoms with E-state index in [9.17, 15) is 9.59 Å². The lowest BCUT2D eigenvalue weighted by Crippen LogP contribution is -2.34. The Morgan fingerprint density at radius 1 is 1.35 bits per heavy atom. The second kappa shape index (κ2) is 7.74. The molecular formula is C20H25NO4S. The quantitative estimate of drug-likeness (QED) is 0.613. The highest BCUT2D eigenvalue weighted by Crippen LogP contribution is 2.45. The summed E-state index contributed by atoms with van der Waals surface area (Å²) in [5.41, 5.74) is 3.78. The Kier molecular flexibility index (Phi) is 5.61. The topological polar surface area (TPSA) is 68.5 Å². The predicted molar refractivity (Wildman–Crippen MR) is 101 cm³/mol. The van der Waals surface area contributed by atoms with E-state index in [1.807, 2.05) is 19.9 Å². The van der Waals surface area contributed by atoms with E-state index in [1.165, 1.54) is 0 Å². The number of carbonyl (C=O) groups excluding carboxylic acids is 2. The average molecular weight is 375 g/mol. The average Bonchev–Trinajstić information content (AvgIpc) is 2.94. The van der Waals surface area contributed by atoms with E-state index < -0.39 is 5.92 Å². The van der Waals surface area contributed by atoms with Crippen molar-refractivity contribution in [1.29, 1.82) is 0 Å². The summed E-state index contributed by atoms with van der Waals surface area (Å²) in [5.74, 6) is 0.937. The van der Waals surface area contributed by atoms with Crippen LogP contribution in [0, 0.1) is 6.92 Å². The van der Waals surface area contributed by atoms with Crippen LogP contribution in [0.3, 0.4) is 0 Å². The van der Waals surface area contributed by atoms with Gasteiger partial charge in [-0.15, -0.1) is 0 Å². The maximum Gasteiger partial charge on any atom is 0.336 e. The van der Waals surface area contributed by atoms with E-state index in [4.69, 9.17) is 9.15 Å². The largest absolute Gasteiger partial charge is 0.463 e. The molecule has 0 radical (unpaired) electrons. The highest BCUT2D eigenvalue weighted by atomic mass is 32.2. The summed E-state index contributed by atoms with van der Waals surface area (Å²) < 4.78 is 11.2. The first-order chi connectivity index (χ1) is 12.5. The van der Waals surface area contributed by atoms with E-state index in [-0.39, 0.29) is 11.8 Å². The lowest BCUT2D eigenvalue weighted by Gasteiger charge is -2.33. The molecule has 1 aliphatic heterocycles. The van der Waals surface area contributed by atoms with Crippen molar-refractivity contribution in [2.75, 3.05) is 12.4 Å². The van der Waals surface area contributed by atoms with Gasteiger partial charge in [0.05, 0.1) is 18.1 Å². The van der Waals surface area contributed by atoms with Crippen LogP contribution in [-0.4, -0.2) is 24.1 Å². The summed E-state index contributed by atoms with van der Waals surface area (Å²) >= 11 is 1.61. The standard InChI is InChI=1S/C20H25NO4S/c1-5-24-20(23)17-11(3)21-14-8-7-9-15(22)19(14)18(17)13-10-16(26-6-2)25-12(13)4/h10,18,21H,5-9H2,1-4H3. The maximum atomic E-state index is 12.8. The molecule has 1 atom stereocenters. The number of hydrogen-bond acceptors (Lipinski definition) is 6. The molecule has 140 valence electrons. The molecule has 0 saturated carbocycles. The van der Waals surface area contributed by atoms with Crippen LogP contribution in [0.1, 0.15) is 57.3 Å². The predicted octanol–water partition coefficient (Wildman–Crippen LogP) is 4.23. The first-order valence-electron chi connectivity index (χ1n) is 9.12. The SMILES string of the molecule is CCOC(=O)C1=C(C)NC2=C(C(=O)CCC2)C1c1cc(SCC)oc1C. The molecule has 1 N–H and O–H groups in total. The Bertz CT molecular complexity index is 803. The third-order valence-corrected chi connectivity index (χ3v) is 5.58. The van der Waals surface area contributed by atoms with Crippen molar-refractivity contribution in [2.45, 2.75) is 58.0 Å². The number of Topliss-reactive ketones (excluding diaryl/α,β-unsaturated/α-hetero) is 1. The van der Waals surface area contributed by atoms with Crippen molar-refractivity contribution >= 4 is 23.5 Å². The number of ketones is 1. The molecule has 1 aromatic rings. The Balaban J connectivity index is 2.15. The minimum absolute atomic E-state index is 0.100. The van der Waals surface area contributed by atoms with Gasteiger partial charge in [0.1, 0.15) is 5.76 Å². The zero-order valence-corrected chi connectivity index (χ0v) is 16.5. The second-order valence-corrected chi connectivity index (χ2v) is 7.76. The van der Waals surface area contributed by atoms with Gasteiger partial charge in [0.2, 0.25) is 0 Å². The van der Waals surface area contributed by atoms with Crippen LogP contribution in [0.15, 0.2) is 38.1 Å². The van der Waals surface area contributed by atoms with Crippen LogP contribution in [-0.2, 0) is 14.3 Å². The van der Waals surface area contributed by atoms with E-state index in [1.54, 1.807) is 18.7 Å². The number of esters is 1. The van der Waals surface area contributed by atoms with Gasteiger partial charge < -0.3 is 14.5 Å². The first kappa shape index (κ1) is 18.8. The molecule has 0 bridgehead atoms. The highest BCUT2D eigenvalue weighted by Gasteiger charge is 2.40. The number of allylic oxidation sites excluding steroid dienone is 3. The van der Waals surface area contributed by atoms with Gasteiger partial charge in [0.25, 0.3) is 0 Å². The monoisotopic (exact) mass is 375 g/mol. The van der Waals surface area contributed by atoms with Gasteiger partial charge in [-0.2, -0.15) is 0 Å². The lowest BCUT2D eigenvalue weighted by molar-refractivity contribution is -0.138. The Labute approximate surface area is 158 Å². The molecule has 3 rings (SSSR count). The molecule has 26 heavy (non-hydrogen) atoms. The molecular weight excluding hydrogens is 350 g/mol. The van der Waals surface area contributed by atoms with Gasteiger partial charge in [-0.3, -0.25) is 4.79 Å². The number of thioether (sulfide) groups is 1. The van der Waals surface area contributed by atoms with Gasteiger partial charge in [0, 0.05) is 29.0 Å². The first-order valence-corrected chi connectivity index (χ1v) is 10.1. The maximum absolute atomic E-state index is 12.8. The molecule has 0 aromatic carbocycles. The van der Waals surface area contributed by atoms with Crippen LogP contribution in [0.5, 0.6) is 0 Å². The van der Waals surface area contributed by atoms with Crippen molar-refractivity contribution in [1.82, 2.24) is 5.32 Å². The van der Waals surface area contributed by atoms with E-state index in [0.29, 0.717) is 24.2 Å². The van der Waals surface area contributed by atoms with Crippen molar-refractivity contribution in [3.05, 3.63) is 39.9 Å². The summed E-state index contributed by atoms with van der Waals surface area (Å²) in [6.07, 6.45) is 2.17. The molecule has 5 nitrogen and oxygen atoms in total. The molecule has 1 aliphatic carbocycles. The number of rotatable bonds is 5. The zero-order chi connectivity index (χ0) is 18.8. The van der Waals surface area contributed by atoms with E-state index >= 15 is 0 Å². The van der Waals surface area contributed by atoms with Crippen LogP contribution < -0.4 is 5.32 Å². The number of furan rings is 1. The summed E-state index contributed by atoms with van der Waals surface area (Å²) in [6.45, 7) is 7.91. The molecule has 1 aromatic heterocycles. The minimum atomic E-state index is -0.423. The van der Waals surface area contributed by atoms with Crippen molar-refractivity contribution < 1.29 is 18.7 Å². The molecule has 0 fully saturated rings. The number of hydrogen-bond donors (Lipinski definition) is 1. The third-order valence-electron chi connectivity index (χ3n) is 4.80. The highest BCUT2D eigenvalue weighted by molar-refractivity contribution is 7.99. The number of dihydropyridines is 1. The molecule has 2 aliphatic rings.